The number of methoxy groups -OCH3 is 2. The fourth-order valence-corrected chi connectivity index (χ4v) is 3.34. The number of hydrogen-bond acceptors (Lipinski definition) is 6. The molecule has 0 saturated heterocycles. The highest BCUT2D eigenvalue weighted by molar-refractivity contribution is 6.15. The van der Waals surface area contributed by atoms with Gasteiger partial charge < -0.3 is 19.7 Å². The number of anilines is 1. The Hall–Kier alpha value is -3.62. The van der Waals surface area contributed by atoms with Crippen molar-refractivity contribution in [3.05, 3.63) is 40.7 Å². The van der Waals surface area contributed by atoms with Gasteiger partial charge in [-0.1, -0.05) is 0 Å². The molecule has 0 radical (unpaired) electrons. The van der Waals surface area contributed by atoms with Crippen molar-refractivity contribution in [1.82, 2.24) is 19.7 Å². The van der Waals surface area contributed by atoms with Crippen molar-refractivity contribution in [2.45, 2.75) is 13.8 Å². The molecule has 0 saturated carbocycles. The quantitative estimate of drug-likeness (QED) is 0.693. The molecule has 1 aromatic carbocycles. The zero-order valence-corrected chi connectivity index (χ0v) is 18.2. The van der Waals surface area contributed by atoms with Crippen LogP contribution in [0.25, 0.3) is 11.0 Å². The van der Waals surface area contributed by atoms with Crippen LogP contribution in [0.4, 0.5) is 5.69 Å². The minimum atomic E-state index is -0.373. The number of pyridine rings is 1. The fourth-order valence-electron chi connectivity index (χ4n) is 3.34. The smallest absolute Gasteiger partial charge is 0.256 e. The van der Waals surface area contributed by atoms with Crippen LogP contribution in [-0.4, -0.2) is 59.8 Å². The lowest BCUT2D eigenvalue weighted by molar-refractivity contribution is 0.0828. The predicted molar refractivity (Wildman–Crippen MR) is 113 cm³/mol. The second kappa shape index (κ2) is 8.02. The van der Waals surface area contributed by atoms with E-state index in [0.717, 1.165) is 0 Å². The summed E-state index contributed by atoms with van der Waals surface area (Å²) in [6, 6.07) is 4.84. The van der Waals surface area contributed by atoms with E-state index in [0.29, 0.717) is 45.2 Å². The summed E-state index contributed by atoms with van der Waals surface area (Å²) in [4.78, 5) is 31.9. The number of nitrogens with one attached hydrogen (secondary N) is 1. The van der Waals surface area contributed by atoms with Crippen LogP contribution in [0.3, 0.4) is 0 Å². The van der Waals surface area contributed by atoms with Gasteiger partial charge in [0.25, 0.3) is 11.8 Å². The van der Waals surface area contributed by atoms with Crippen molar-refractivity contribution < 1.29 is 19.1 Å². The normalized spacial score (nSPS) is 10.8. The lowest BCUT2D eigenvalue weighted by Crippen LogP contribution is -2.24. The Bertz CT molecular complexity index is 1150. The molecule has 0 fully saturated rings. The van der Waals surface area contributed by atoms with Gasteiger partial charge in [-0.3, -0.25) is 14.3 Å². The molecule has 0 aliphatic carbocycles. The highest BCUT2D eigenvalue weighted by Gasteiger charge is 2.23. The standard InChI is InChI=1S/C21H25N5O4/c1-11-8-14(18-12(2)24-26(5)19(18)22-11)20(27)23-15-10-17(30-7)16(29-6)9-13(15)21(28)25(3)4/h8-10H,1-7H3,(H,23,27). The molecule has 0 spiro atoms. The van der Waals surface area contributed by atoms with Gasteiger partial charge >= 0.3 is 0 Å². The van der Waals surface area contributed by atoms with Crippen LogP contribution in [0.1, 0.15) is 32.1 Å². The number of fused-ring (bicyclic) bond motifs is 1. The van der Waals surface area contributed by atoms with Crippen molar-refractivity contribution in [2.75, 3.05) is 33.6 Å². The third-order valence-electron chi connectivity index (χ3n) is 4.75. The van der Waals surface area contributed by atoms with Gasteiger partial charge in [0.15, 0.2) is 17.1 Å². The number of rotatable bonds is 5. The van der Waals surface area contributed by atoms with E-state index in [1.165, 1.54) is 19.1 Å². The van der Waals surface area contributed by atoms with Gasteiger partial charge in [-0.2, -0.15) is 5.10 Å². The minimum Gasteiger partial charge on any atom is -0.493 e. The fraction of sp³-hybridized carbons (Fsp3) is 0.333. The summed E-state index contributed by atoms with van der Waals surface area (Å²) >= 11 is 0. The summed E-state index contributed by atoms with van der Waals surface area (Å²) in [5.74, 6) is 0.143. The molecule has 0 unspecified atom stereocenters. The molecule has 9 nitrogen and oxygen atoms in total. The summed E-state index contributed by atoms with van der Waals surface area (Å²) in [6.07, 6.45) is 0. The van der Waals surface area contributed by atoms with E-state index in [2.05, 4.69) is 15.4 Å². The Labute approximate surface area is 174 Å². The van der Waals surface area contributed by atoms with E-state index in [1.807, 2.05) is 13.8 Å². The zero-order chi connectivity index (χ0) is 22.2. The minimum absolute atomic E-state index is 0.278. The second-order valence-corrected chi connectivity index (χ2v) is 7.13. The van der Waals surface area contributed by atoms with Crippen LogP contribution in [0.15, 0.2) is 18.2 Å². The molecule has 1 N–H and O–H groups in total. The van der Waals surface area contributed by atoms with Gasteiger partial charge in [-0.05, 0) is 26.0 Å². The number of aryl methyl sites for hydroxylation is 3. The van der Waals surface area contributed by atoms with E-state index < -0.39 is 0 Å². The van der Waals surface area contributed by atoms with Crippen LogP contribution in [0.2, 0.25) is 0 Å². The maximum Gasteiger partial charge on any atom is 0.256 e. The Morgan fingerprint density at radius 1 is 1.03 bits per heavy atom. The maximum atomic E-state index is 13.3. The van der Waals surface area contributed by atoms with Crippen LogP contribution in [0.5, 0.6) is 11.5 Å². The largest absolute Gasteiger partial charge is 0.493 e. The average molecular weight is 411 g/mol. The van der Waals surface area contributed by atoms with Gasteiger partial charge in [-0.15, -0.1) is 0 Å². The van der Waals surface area contributed by atoms with E-state index in [4.69, 9.17) is 9.47 Å². The van der Waals surface area contributed by atoms with Gasteiger partial charge in [0, 0.05) is 32.9 Å². The topological polar surface area (TPSA) is 98.6 Å². The van der Waals surface area contributed by atoms with Crippen molar-refractivity contribution in [3.63, 3.8) is 0 Å². The van der Waals surface area contributed by atoms with Crippen LogP contribution >= 0.6 is 0 Å². The highest BCUT2D eigenvalue weighted by Crippen LogP contribution is 2.34. The molecular weight excluding hydrogens is 386 g/mol. The van der Waals surface area contributed by atoms with E-state index in [9.17, 15) is 9.59 Å². The molecule has 0 aliphatic rings. The monoisotopic (exact) mass is 411 g/mol. The van der Waals surface area contributed by atoms with Gasteiger partial charge in [0.2, 0.25) is 0 Å². The SMILES string of the molecule is COc1cc(NC(=O)c2cc(C)nc3c2c(C)nn3C)c(C(=O)N(C)C)cc1OC. The third-order valence-corrected chi connectivity index (χ3v) is 4.75. The molecule has 3 rings (SSSR count). The number of ether oxygens (including phenoxy) is 2. The van der Waals surface area contributed by atoms with Crippen molar-refractivity contribution in [1.29, 1.82) is 0 Å². The Kier molecular flexibility index (Phi) is 5.64. The van der Waals surface area contributed by atoms with E-state index in [1.54, 1.807) is 44.0 Å². The first-order valence-electron chi connectivity index (χ1n) is 9.27. The zero-order valence-electron chi connectivity index (χ0n) is 18.2. The molecule has 2 amide bonds. The maximum absolute atomic E-state index is 13.3. The summed E-state index contributed by atoms with van der Waals surface area (Å²) in [6.45, 7) is 3.64. The van der Waals surface area contributed by atoms with Crippen molar-refractivity contribution in [2.24, 2.45) is 7.05 Å². The first-order valence-corrected chi connectivity index (χ1v) is 9.27. The number of aromatic nitrogens is 3. The molecule has 3 aromatic rings. The molecular formula is C21H25N5O4. The molecule has 158 valence electrons. The molecule has 2 aromatic heterocycles. The Morgan fingerprint density at radius 3 is 2.27 bits per heavy atom. The lowest BCUT2D eigenvalue weighted by Gasteiger charge is -2.18. The number of hydrogen-bond donors (Lipinski definition) is 1. The van der Waals surface area contributed by atoms with Crippen molar-refractivity contribution in [3.8, 4) is 11.5 Å². The lowest BCUT2D eigenvalue weighted by atomic mass is 10.1. The molecule has 0 aliphatic heterocycles. The number of carbonyl (C=O) groups excluding carboxylic acids is 2. The number of nitrogens with zero attached hydrogens (tertiary/aromatic N) is 4. The number of carbonyl (C=O) groups is 2. The number of benzene rings is 1. The van der Waals surface area contributed by atoms with Crippen LogP contribution in [0, 0.1) is 13.8 Å². The third kappa shape index (κ3) is 3.66. The van der Waals surface area contributed by atoms with Gasteiger partial charge in [-0.25, -0.2) is 4.98 Å². The Morgan fingerprint density at radius 2 is 1.67 bits per heavy atom. The van der Waals surface area contributed by atoms with E-state index in [-0.39, 0.29) is 17.4 Å². The summed E-state index contributed by atoms with van der Waals surface area (Å²) < 4.78 is 12.3. The van der Waals surface area contributed by atoms with Gasteiger partial charge in [0.1, 0.15) is 0 Å². The first-order chi connectivity index (χ1) is 14.2. The first kappa shape index (κ1) is 21.1. The molecule has 0 bridgehead atoms. The second-order valence-electron chi connectivity index (χ2n) is 7.13. The van der Waals surface area contributed by atoms with Gasteiger partial charge in [0.05, 0.1) is 42.1 Å². The summed E-state index contributed by atoms with van der Waals surface area (Å²) in [7, 11) is 8.04. The highest BCUT2D eigenvalue weighted by atomic mass is 16.5. The molecule has 9 heteroatoms. The van der Waals surface area contributed by atoms with Crippen molar-refractivity contribution >= 4 is 28.5 Å². The Balaban J connectivity index is 2.13. The van der Waals surface area contributed by atoms with Crippen LogP contribution in [-0.2, 0) is 7.05 Å². The molecule has 30 heavy (non-hydrogen) atoms. The summed E-state index contributed by atoms with van der Waals surface area (Å²) in [5.41, 5.74) is 3.04. The van der Waals surface area contributed by atoms with Crippen LogP contribution < -0.4 is 14.8 Å². The number of amides is 2. The van der Waals surface area contributed by atoms with E-state index >= 15 is 0 Å². The molecule has 0 atom stereocenters. The average Bonchev–Trinajstić information content (AvgIpc) is 2.99. The molecule has 2 heterocycles. The summed E-state index contributed by atoms with van der Waals surface area (Å²) in [5, 5.41) is 7.90. The predicted octanol–water partition coefficient (Wildman–Crippen LogP) is 2.56.